The monoisotopic (exact) mass is 287 g/mol. The molecular weight excluding hydrogens is 282 g/mol. The summed E-state index contributed by atoms with van der Waals surface area (Å²) >= 11 is 0. The summed E-state index contributed by atoms with van der Waals surface area (Å²) in [7, 11) is 0. The highest BCUT2D eigenvalue weighted by atomic mass is 16.7. The van der Waals surface area contributed by atoms with Gasteiger partial charge in [-0.3, -0.25) is 40.5 Å². The first-order chi connectivity index (χ1) is 9.11. The summed E-state index contributed by atoms with van der Waals surface area (Å²) in [5, 5.41) is 43.2. The lowest BCUT2D eigenvalue weighted by Gasteiger charge is -2.04. The van der Waals surface area contributed by atoms with Crippen molar-refractivity contribution in [3.8, 4) is 0 Å². The molecule has 0 saturated heterocycles. The first-order valence-electron chi connectivity index (χ1n) is 4.64. The quantitative estimate of drug-likeness (QED) is 0.479. The van der Waals surface area contributed by atoms with Crippen LogP contribution in [0.3, 0.4) is 0 Å². The van der Waals surface area contributed by atoms with Gasteiger partial charge in [0, 0.05) is 0 Å². The Morgan fingerprint density at radius 1 is 0.700 bits per heavy atom. The predicted octanol–water partition coefficient (Wildman–Crippen LogP) is 1.21. The molecule has 0 unspecified atom stereocenters. The largest absolute Gasteiger partial charge is 0.425 e. The minimum atomic E-state index is -1.49. The first-order valence-corrected chi connectivity index (χ1v) is 4.64. The van der Waals surface area contributed by atoms with Crippen LogP contribution in [0.25, 0.3) is 0 Å². The topological polar surface area (TPSA) is 199 Å². The maximum Gasteiger partial charge on any atom is 0.425 e. The number of benzene rings is 1. The van der Waals surface area contributed by atoms with E-state index in [4.69, 9.17) is 5.73 Å². The van der Waals surface area contributed by atoms with Crippen LogP contribution in [-0.4, -0.2) is 19.7 Å². The molecule has 0 radical (unpaired) electrons. The fourth-order valence-corrected chi connectivity index (χ4v) is 1.66. The second-order valence-electron chi connectivity index (χ2n) is 3.46. The Hall–Kier alpha value is -3.38. The van der Waals surface area contributed by atoms with Crippen LogP contribution in [-0.2, 0) is 0 Å². The van der Waals surface area contributed by atoms with E-state index in [1.54, 1.807) is 0 Å². The Kier molecular flexibility index (Phi) is 3.46. The third-order valence-corrected chi connectivity index (χ3v) is 2.40. The van der Waals surface area contributed by atoms with Crippen LogP contribution in [0.1, 0.15) is 5.56 Å². The van der Waals surface area contributed by atoms with Crippen LogP contribution < -0.4 is 5.73 Å². The lowest BCUT2D eigenvalue weighted by atomic mass is 10.1. The van der Waals surface area contributed by atoms with Crippen molar-refractivity contribution in [3.05, 3.63) is 46.0 Å². The fraction of sp³-hybridized carbons (Fsp3) is 0.143. The van der Waals surface area contributed by atoms with Crippen LogP contribution in [0.4, 0.5) is 28.4 Å². The zero-order valence-corrected chi connectivity index (χ0v) is 9.63. The molecule has 2 N–H and O–H groups in total. The number of nitrogens with zero attached hydrogens (tertiary/aromatic N) is 4. The molecule has 1 rings (SSSR count). The van der Waals surface area contributed by atoms with Crippen LogP contribution in [0, 0.1) is 47.4 Å². The summed E-state index contributed by atoms with van der Waals surface area (Å²) in [6.45, 7) is 0.851. The molecule has 0 heterocycles. The Morgan fingerprint density at radius 3 is 1.35 bits per heavy atom. The van der Waals surface area contributed by atoms with Gasteiger partial charge in [-0.05, 0) is 6.92 Å². The molecule has 0 bridgehead atoms. The maximum absolute atomic E-state index is 10.8. The normalized spacial score (nSPS) is 10.1. The van der Waals surface area contributed by atoms with Crippen molar-refractivity contribution < 1.29 is 19.7 Å². The number of rotatable bonds is 4. The van der Waals surface area contributed by atoms with Crippen molar-refractivity contribution in [2.75, 3.05) is 5.73 Å². The van der Waals surface area contributed by atoms with Crippen molar-refractivity contribution in [2.24, 2.45) is 0 Å². The summed E-state index contributed by atoms with van der Waals surface area (Å²) in [5.41, 5.74) is -2.04. The number of nitrogen functional groups attached to an aromatic ring is 1. The molecule has 13 heteroatoms. The SMILES string of the molecule is Cc1c([N+](=O)[O-])c(N)c([N+](=O)[O-])c([N+](=O)[O-])c1[N+](=O)[O-]. The third kappa shape index (κ3) is 2.02. The lowest BCUT2D eigenvalue weighted by molar-refractivity contribution is -0.442. The van der Waals surface area contributed by atoms with E-state index in [0.717, 1.165) is 6.92 Å². The zero-order valence-electron chi connectivity index (χ0n) is 9.63. The molecule has 0 spiro atoms. The maximum atomic E-state index is 10.8. The van der Waals surface area contributed by atoms with Crippen molar-refractivity contribution in [1.82, 2.24) is 0 Å². The van der Waals surface area contributed by atoms with Crippen LogP contribution >= 0.6 is 0 Å². The molecule has 0 aliphatic rings. The molecule has 0 saturated carbocycles. The average molecular weight is 287 g/mol. The van der Waals surface area contributed by atoms with Crippen LogP contribution in [0.15, 0.2) is 0 Å². The Balaban J connectivity index is 4.12. The number of anilines is 1. The van der Waals surface area contributed by atoms with Crippen LogP contribution in [0.2, 0.25) is 0 Å². The summed E-state index contributed by atoms with van der Waals surface area (Å²) in [6.07, 6.45) is 0. The first kappa shape index (κ1) is 14.7. The van der Waals surface area contributed by atoms with Gasteiger partial charge in [0.2, 0.25) is 0 Å². The highest BCUT2D eigenvalue weighted by Gasteiger charge is 2.46. The van der Waals surface area contributed by atoms with Gasteiger partial charge < -0.3 is 5.73 Å². The Morgan fingerprint density at radius 2 is 1.05 bits per heavy atom. The zero-order chi connectivity index (χ0) is 15.8. The van der Waals surface area contributed by atoms with E-state index in [0.29, 0.717) is 0 Å². The molecule has 0 amide bonds. The van der Waals surface area contributed by atoms with Crippen molar-refractivity contribution in [1.29, 1.82) is 0 Å². The molecule has 1 aromatic carbocycles. The minimum Gasteiger partial charge on any atom is -0.387 e. The van der Waals surface area contributed by atoms with Gasteiger partial charge in [-0.1, -0.05) is 0 Å². The van der Waals surface area contributed by atoms with Gasteiger partial charge in [0.1, 0.15) is 5.56 Å². The Labute approximate surface area is 108 Å². The molecule has 0 atom stereocenters. The van der Waals surface area contributed by atoms with Gasteiger partial charge >= 0.3 is 22.7 Å². The number of nitro benzene ring substituents is 4. The summed E-state index contributed by atoms with van der Waals surface area (Å²) in [6, 6.07) is 0. The van der Waals surface area contributed by atoms with E-state index in [2.05, 4.69) is 0 Å². The average Bonchev–Trinajstić information content (AvgIpc) is 2.25. The standard InChI is InChI=1S/C7H5N5O8/c1-2-4(9(13)14)3(8)6(11(17)18)7(12(19)20)5(2)10(15)16/h8H2,1H3. The molecule has 0 aromatic heterocycles. The van der Waals surface area contributed by atoms with Crippen molar-refractivity contribution in [2.45, 2.75) is 6.92 Å². The van der Waals surface area contributed by atoms with Gasteiger partial charge in [-0.2, -0.15) is 0 Å². The number of hydrogen-bond acceptors (Lipinski definition) is 9. The predicted molar refractivity (Wildman–Crippen MR) is 62.2 cm³/mol. The van der Waals surface area contributed by atoms with E-state index in [1.165, 1.54) is 0 Å². The number of nitrogens with two attached hydrogens (primary N) is 1. The molecule has 0 aliphatic carbocycles. The van der Waals surface area contributed by atoms with Gasteiger partial charge in [0.05, 0.1) is 19.7 Å². The van der Waals surface area contributed by atoms with Crippen molar-refractivity contribution in [3.63, 3.8) is 0 Å². The van der Waals surface area contributed by atoms with Crippen LogP contribution in [0.5, 0.6) is 0 Å². The number of nitro groups is 4. The van der Waals surface area contributed by atoms with E-state index in [-0.39, 0.29) is 0 Å². The highest BCUT2D eigenvalue weighted by Crippen LogP contribution is 2.48. The minimum absolute atomic E-state index is 0.727. The van der Waals surface area contributed by atoms with E-state index in [9.17, 15) is 40.5 Å². The molecule has 0 fully saturated rings. The molecule has 13 nitrogen and oxygen atoms in total. The van der Waals surface area contributed by atoms with Gasteiger partial charge in [0.25, 0.3) is 0 Å². The van der Waals surface area contributed by atoms with E-state index < -0.39 is 53.7 Å². The summed E-state index contributed by atoms with van der Waals surface area (Å²) in [4.78, 5) is 38.0. The number of hydrogen-bond donors (Lipinski definition) is 1. The molecular formula is C7H5N5O8. The smallest absolute Gasteiger partial charge is 0.387 e. The fourth-order valence-electron chi connectivity index (χ4n) is 1.66. The second-order valence-corrected chi connectivity index (χ2v) is 3.46. The van der Waals surface area contributed by atoms with Gasteiger partial charge in [-0.25, -0.2) is 0 Å². The molecule has 20 heavy (non-hydrogen) atoms. The van der Waals surface area contributed by atoms with Crippen molar-refractivity contribution >= 4 is 28.4 Å². The third-order valence-electron chi connectivity index (χ3n) is 2.40. The Bertz CT molecular complexity index is 627. The molecule has 1 aromatic rings. The lowest BCUT2D eigenvalue weighted by Crippen LogP contribution is -2.09. The second kappa shape index (κ2) is 4.71. The van der Waals surface area contributed by atoms with E-state index >= 15 is 0 Å². The summed E-state index contributed by atoms with van der Waals surface area (Å²) < 4.78 is 0. The summed E-state index contributed by atoms with van der Waals surface area (Å²) in [5.74, 6) is 0. The molecule has 0 aliphatic heterocycles. The molecule has 106 valence electrons. The van der Waals surface area contributed by atoms with E-state index in [1.807, 2.05) is 0 Å². The van der Waals surface area contributed by atoms with Gasteiger partial charge in [-0.15, -0.1) is 0 Å². The highest BCUT2D eigenvalue weighted by molar-refractivity contribution is 5.87. The van der Waals surface area contributed by atoms with Gasteiger partial charge in [0.15, 0.2) is 5.69 Å².